The lowest BCUT2D eigenvalue weighted by Gasteiger charge is -2.30. The van der Waals surface area contributed by atoms with E-state index in [1.807, 2.05) is 21.1 Å². The van der Waals surface area contributed by atoms with Gasteiger partial charge in [0.25, 0.3) is 7.82 Å². The Bertz CT molecular complexity index is 1030. The van der Waals surface area contributed by atoms with Gasteiger partial charge in [-0.05, 0) is 12.8 Å². The highest BCUT2D eigenvalue weighted by atomic mass is 31.2. The van der Waals surface area contributed by atoms with Gasteiger partial charge in [0.1, 0.15) is 13.2 Å². The maximum Gasteiger partial charge on any atom is 0.268 e. The van der Waals surface area contributed by atoms with Gasteiger partial charge in [-0.1, -0.05) is 284 Å². The van der Waals surface area contributed by atoms with Crippen LogP contribution >= 0.6 is 7.82 Å². The molecule has 0 aliphatic carbocycles. The van der Waals surface area contributed by atoms with Gasteiger partial charge in [0.15, 0.2) is 0 Å². The first-order valence-electron chi connectivity index (χ1n) is 28.9. The molecule has 8 nitrogen and oxygen atoms in total. The summed E-state index contributed by atoms with van der Waals surface area (Å²) in [5.74, 6) is -0.160. The number of amides is 1. The highest BCUT2D eigenvalue weighted by molar-refractivity contribution is 7.45. The van der Waals surface area contributed by atoms with E-state index >= 15 is 0 Å². The van der Waals surface area contributed by atoms with Gasteiger partial charge in [-0.3, -0.25) is 9.36 Å². The number of unbranched alkanes of at least 4 members (excludes halogenated alkanes) is 41. The normalized spacial score (nSPS) is 13.9. The van der Waals surface area contributed by atoms with E-state index in [0.29, 0.717) is 23.9 Å². The summed E-state index contributed by atoms with van der Waals surface area (Å²) in [6, 6.07) is -0.793. The Morgan fingerprint density at radius 3 is 1.05 bits per heavy atom. The average molecular weight is 944 g/mol. The minimum absolute atomic E-state index is 0.0159. The molecule has 0 aromatic carbocycles. The van der Waals surface area contributed by atoms with E-state index < -0.39 is 20.0 Å². The molecule has 65 heavy (non-hydrogen) atoms. The van der Waals surface area contributed by atoms with Crippen LogP contribution in [0.1, 0.15) is 303 Å². The van der Waals surface area contributed by atoms with Crippen LogP contribution in [0.15, 0.2) is 0 Å². The predicted molar refractivity (Wildman–Crippen MR) is 279 cm³/mol. The summed E-state index contributed by atoms with van der Waals surface area (Å²) < 4.78 is 23.3. The van der Waals surface area contributed by atoms with Crippen molar-refractivity contribution in [3.8, 4) is 0 Å². The van der Waals surface area contributed by atoms with Crippen LogP contribution in [0.5, 0.6) is 0 Å². The van der Waals surface area contributed by atoms with Gasteiger partial charge in [-0.25, -0.2) is 0 Å². The van der Waals surface area contributed by atoms with Crippen LogP contribution in [-0.2, 0) is 18.4 Å². The molecule has 0 saturated carbocycles. The first-order chi connectivity index (χ1) is 31.5. The molecule has 0 saturated heterocycles. The lowest BCUT2D eigenvalue weighted by atomic mass is 10.0. The van der Waals surface area contributed by atoms with Crippen LogP contribution in [-0.4, -0.2) is 68.5 Å². The number of hydrogen-bond donors (Lipinski definition) is 2. The molecule has 1 unspecified atom stereocenters. The molecule has 0 spiro atoms. The zero-order valence-corrected chi connectivity index (χ0v) is 45.4. The number of phosphoric acid groups is 1. The zero-order chi connectivity index (χ0) is 47.8. The van der Waals surface area contributed by atoms with Crippen molar-refractivity contribution < 1.29 is 32.9 Å². The number of quaternary nitrogens is 1. The van der Waals surface area contributed by atoms with Crippen LogP contribution in [0.25, 0.3) is 0 Å². The Kier molecular flexibility index (Phi) is 48.1. The number of nitrogens with one attached hydrogen (secondary N) is 1. The quantitative estimate of drug-likeness (QED) is 0.0357. The van der Waals surface area contributed by atoms with E-state index in [2.05, 4.69) is 19.2 Å². The summed E-state index contributed by atoms with van der Waals surface area (Å²) in [7, 11) is 1.32. The second-order valence-electron chi connectivity index (χ2n) is 21.4. The molecule has 0 bridgehead atoms. The molecule has 9 heteroatoms. The smallest absolute Gasteiger partial charge is 0.268 e. The molecule has 390 valence electrons. The van der Waals surface area contributed by atoms with E-state index in [-0.39, 0.29) is 19.1 Å². The fourth-order valence-electron chi connectivity index (χ4n) is 9.04. The van der Waals surface area contributed by atoms with Gasteiger partial charge < -0.3 is 28.8 Å². The maximum atomic E-state index is 12.9. The third kappa shape index (κ3) is 51.2. The van der Waals surface area contributed by atoms with E-state index in [1.54, 1.807) is 0 Å². The number of likely N-dealkylation sites (N-methyl/N-ethyl adjacent to an activating group) is 1. The summed E-state index contributed by atoms with van der Waals surface area (Å²) in [6.45, 7) is 4.73. The van der Waals surface area contributed by atoms with Crippen molar-refractivity contribution in [3.05, 3.63) is 0 Å². The standard InChI is InChI=1S/C56H115N2O6P/c1-6-8-10-12-14-16-17-18-19-20-21-22-23-24-25-26-27-28-29-30-31-32-33-34-35-36-37-38-39-40-42-44-46-48-50-56(60)57-54(53-64-65(61,62)63-52-51-58(3,4)5)55(59)49-47-45-43-41-15-13-11-9-7-2/h54-55,59H,6-53H2,1-5H3,(H-,57,60,61,62)/t54-,55+/m0/s1. The lowest BCUT2D eigenvalue weighted by molar-refractivity contribution is -0.870. The highest BCUT2D eigenvalue weighted by Crippen LogP contribution is 2.38. The third-order valence-corrected chi connectivity index (χ3v) is 14.6. The van der Waals surface area contributed by atoms with Crippen LogP contribution in [0.4, 0.5) is 0 Å². The fourth-order valence-corrected chi connectivity index (χ4v) is 9.77. The number of aliphatic hydroxyl groups excluding tert-OH is 1. The molecule has 0 aliphatic heterocycles. The lowest BCUT2D eigenvalue weighted by Crippen LogP contribution is -2.46. The Hall–Kier alpha value is -0.500. The van der Waals surface area contributed by atoms with E-state index in [4.69, 9.17) is 9.05 Å². The van der Waals surface area contributed by atoms with Crippen molar-refractivity contribution in [2.45, 2.75) is 315 Å². The van der Waals surface area contributed by atoms with Crippen LogP contribution in [0, 0.1) is 0 Å². The fraction of sp³-hybridized carbons (Fsp3) is 0.982. The third-order valence-electron chi connectivity index (χ3n) is 13.6. The number of aliphatic hydroxyl groups is 1. The van der Waals surface area contributed by atoms with Gasteiger partial charge in [0.2, 0.25) is 5.91 Å². The summed E-state index contributed by atoms with van der Waals surface area (Å²) in [4.78, 5) is 25.4. The predicted octanol–water partition coefficient (Wildman–Crippen LogP) is 16.6. The van der Waals surface area contributed by atoms with E-state index in [1.165, 1.54) is 238 Å². The van der Waals surface area contributed by atoms with Gasteiger partial charge in [0, 0.05) is 6.42 Å². The number of phosphoric ester groups is 1. The van der Waals surface area contributed by atoms with Crippen molar-refractivity contribution in [2.75, 3.05) is 40.9 Å². The number of carbonyl (C=O) groups excluding carboxylic acids is 1. The first-order valence-corrected chi connectivity index (χ1v) is 30.3. The zero-order valence-electron chi connectivity index (χ0n) is 44.5. The van der Waals surface area contributed by atoms with Crippen molar-refractivity contribution >= 4 is 13.7 Å². The molecule has 1 amide bonds. The Morgan fingerprint density at radius 1 is 0.477 bits per heavy atom. The summed E-state index contributed by atoms with van der Waals surface area (Å²) in [5, 5.41) is 13.9. The molecular formula is C56H115N2O6P. The van der Waals surface area contributed by atoms with Crippen molar-refractivity contribution in [1.82, 2.24) is 5.32 Å². The minimum atomic E-state index is -4.56. The summed E-state index contributed by atoms with van der Waals surface area (Å²) in [6.07, 6.45) is 57.5. The molecule has 0 rings (SSSR count). The molecule has 0 radical (unpaired) electrons. The topological polar surface area (TPSA) is 108 Å². The largest absolute Gasteiger partial charge is 0.756 e. The molecule has 0 heterocycles. The SMILES string of the molecule is CCCCCCCCCCCCCCCCCCCCCCCCCCCCCCCCCCCCC(=O)N[C@@H](COP(=O)([O-])OCC[N+](C)(C)C)[C@H](O)CCCCCCCCCCC. The molecule has 0 aromatic rings. The first kappa shape index (κ1) is 64.5. The molecule has 2 N–H and O–H groups in total. The average Bonchev–Trinajstić information content (AvgIpc) is 3.26. The minimum Gasteiger partial charge on any atom is -0.756 e. The van der Waals surface area contributed by atoms with Crippen LogP contribution in [0.3, 0.4) is 0 Å². The van der Waals surface area contributed by atoms with Gasteiger partial charge >= 0.3 is 0 Å². The van der Waals surface area contributed by atoms with Crippen LogP contribution in [0.2, 0.25) is 0 Å². The molecule has 0 fully saturated rings. The second kappa shape index (κ2) is 48.5. The Labute approximate surface area is 406 Å². The maximum absolute atomic E-state index is 12.9. The molecule has 0 aliphatic rings. The van der Waals surface area contributed by atoms with Crippen molar-refractivity contribution in [3.63, 3.8) is 0 Å². The summed E-state index contributed by atoms with van der Waals surface area (Å²) >= 11 is 0. The van der Waals surface area contributed by atoms with Crippen molar-refractivity contribution in [2.24, 2.45) is 0 Å². The van der Waals surface area contributed by atoms with Gasteiger partial charge in [-0.15, -0.1) is 0 Å². The molecule has 3 atom stereocenters. The number of hydrogen-bond acceptors (Lipinski definition) is 6. The highest BCUT2D eigenvalue weighted by Gasteiger charge is 2.24. The van der Waals surface area contributed by atoms with Gasteiger partial charge in [0.05, 0.1) is 39.9 Å². The number of rotatable bonds is 54. The van der Waals surface area contributed by atoms with Gasteiger partial charge in [-0.2, -0.15) is 0 Å². The van der Waals surface area contributed by atoms with E-state index in [9.17, 15) is 19.4 Å². The summed E-state index contributed by atoms with van der Waals surface area (Å²) in [5.41, 5.74) is 0. The number of carbonyl (C=O) groups is 1. The van der Waals surface area contributed by atoms with Crippen LogP contribution < -0.4 is 10.2 Å². The Morgan fingerprint density at radius 2 is 0.754 bits per heavy atom. The monoisotopic (exact) mass is 943 g/mol. The number of nitrogens with zero attached hydrogens (tertiary/aromatic N) is 1. The molecule has 0 aromatic heterocycles. The second-order valence-corrected chi connectivity index (χ2v) is 22.8. The van der Waals surface area contributed by atoms with Crippen molar-refractivity contribution in [1.29, 1.82) is 0 Å². The van der Waals surface area contributed by atoms with E-state index in [0.717, 1.165) is 38.5 Å². The Balaban J connectivity index is 3.81. The molecular weight excluding hydrogens is 828 g/mol.